The van der Waals surface area contributed by atoms with Crippen LogP contribution in [0.2, 0.25) is 0 Å². The van der Waals surface area contributed by atoms with Gasteiger partial charge in [-0.1, -0.05) is 36.0 Å². The lowest BCUT2D eigenvalue weighted by molar-refractivity contribution is -0.125. The minimum Gasteiger partial charge on any atom is -0.325 e. The van der Waals surface area contributed by atoms with Crippen LogP contribution in [0.25, 0.3) is 10.2 Å². The molecule has 4 rings (SSSR count). The molecule has 9 heteroatoms. The second-order valence-electron chi connectivity index (χ2n) is 6.35. The zero-order valence-electron chi connectivity index (χ0n) is 15.3. The van der Waals surface area contributed by atoms with E-state index in [0.717, 1.165) is 32.5 Å². The lowest BCUT2D eigenvalue weighted by atomic mass is 10.2. The first-order valence-electron chi connectivity index (χ1n) is 8.86. The molecule has 29 heavy (non-hydrogen) atoms. The fourth-order valence-electron chi connectivity index (χ4n) is 2.82. The van der Waals surface area contributed by atoms with Crippen LogP contribution in [0.3, 0.4) is 0 Å². The monoisotopic (exact) mass is 443 g/mol. The third-order valence-electron chi connectivity index (χ3n) is 4.22. The molecule has 1 aliphatic heterocycles. The number of hydrogen-bond acceptors (Lipinski definition) is 7. The third kappa shape index (κ3) is 4.98. The van der Waals surface area contributed by atoms with Gasteiger partial charge in [0.2, 0.25) is 11.8 Å². The summed E-state index contributed by atoms with van der Waals surface area (Å²) in [7, 11) is 0. The van der Waals surface area contributed by atoms with Gasteiger partial charge in [-0.05, 0) is 29.8 Å². The Kier molecular flexibility index (Phi) is 6.17. The molecule has 1 N–H and O–H groups in total. The summed E-state index contributed by atoms with van der Waals surface area (Å²) in [6, 6.07) is 15.2. The van der Waals surface area contributed by atoms with Crippen molar-refractivity contribution in [3.05, 3.63) is 59.1 Å². The number of thioether (sulfide) groups is 2. The average molecular weight is 444 g/mol. The average Bonchev–Trinajstić information content (AvgIpc) is 3.27. The molecule has 1 saturated heterocycles. The highest BCUT2D eigenvalue weighted by Gasteiger charge is 2.29. The van der Waals surface area contributed by atoms with E-state index in [9.17, 15) is 14.4 Å². The lowest BCUT2D eigenvalue weighted by Gasteiger charge is -2.13. The normalized spacial score (nSPS) is 14.0. The van der Waals surface area contributed by atoms with E-state index in [1.54, 1.807) is 23.5 Å². The molecule has 0 atom stereocenters. The van der Waals surface area contributed by atoms with Gasteiger partial charge >= 0.3 is 0 Å². The molecule has 1 fully saturated rings. The van der Waals surface area contributed by atoms with Crippen molar-refractivity contribution in [2.45, 2.75) is 12.3 Å². The Balaban J connectivity index is 1.25. The smallest absolute Gasteiger partial charge is 0.289 e. The van der Waals surface area contributed by atoms with Crippen molar-refractivity contribution in [1.29, 1.82) is 0 Å². The Bertz CT molecular complexity index is 1020. The Morgan fingerprint density at radius 2 is 1.93 bits per heavy atom. The number of hydrogen-bond donors (Lipinski definition) is 1. The molecule has 0 saturated carbocycles. The van der Waals surface area contributed by atoms with E-state index in [-0.39, 0.29) is 29.4 Å². The number of anilines is 1. The van der Waals surface area contributed by atoms with E-state index >= 15 is 0 Å². The van der Waals surface area contributed by atoms with Crippen molar-refractivity contribution in [2.75, 3.05) is 16.8 Å². The summed E-state index contributed by atoms with van der Waals surface area (Å²) in [5, 5.41) is 3.67. The standard InChI is InChI=1S/C20H17N3O3S3/c24-17(10-27-11-18-22-15-3-1-2-4-16(15)29-18)21-14-7-5-13(6-8-14)9-23-19(25)12-28-20(23)26/h1-8H,9-12H2,(H,21,24). The van der Waals surface area contributed by atoms with Crippen LogP contribution in [0.4, 0.5) is 10.5 Å². The lowest BCUT2D eigenvalue weighted by Crippen LogP contribution is -2.27. The fourth-order valence-corrected chi connectivity index (χ4v) is 5.39. The maximum atomic E-state index is 12.2. The number of imide groups is 1. The highest BCUT2D eigenvalue weighted by Crippen LogP contribution is 2.25. The minimum atomic E-state index is -0.211. The van der Waals surface area contributed by atoms with Gasteiger partial charge in [0, 0.05) is 11.4 Å². The summed E-state index contributed by atoms with van der Waals surface area (Å²) in [5.74, 6) is 1.00. The summed E-state index contributed by atoms with van der Waals surface area (Å²) >= 11 is 4.20. The van der Waals surface area contributed by atoms with E-state index in [1.165, 1.54) is 16.7 Å². The van der Waals surface area contributed by atoms with Crippen molar-refractivity contribution < 1.29 is 14.4 Å². The molecule has 0 aliphatic carbocycles. The number of fused-ring (bicyclic) bond motifs is 1. The van der Waals surface area contributed by atoms with Gasteiger partial charge in [-0.25, -0.2) is 4.98 Å². The van der Waals surface area contributed by atoms with Gasteiger partial charge in [0.1, 0.15) is 5.01 Å². The molecule has 0 spiro atoms. The van der Waals surface area contributed by atoms with Crippen LogP contribution in [-0.2, 0) is 21.9 Å². The molecular formula is C20H17N3O3S3. The molecule has 1 aromatic heterocycles. The second-order valence-corrected chi connectivity index (χ2v) is 9.38. The van der Waals surface area contributed by atoms with Gasteiger partial charge in [0.05, 0.1) is 28.3 Å². The number of carbonyl (C=O) groups excluding carboxylic acids is 3. The summed E-state index contributed by atoms with van der Waals surface area (Å²) < 4.78 is 1.16. The van der Waals surface area contributed by atoms with Crippen LogP contribution < -0.4 is 5.32 Å². The highest BCUT2D eigenvalue weighted by atomic mass is 32.2. The van der Waals surface area contributed by atoms with Crippen LogP contribution >= 0.6 is 34.9 Å². The van der Waals surface area contributed by atoms with Gasteiger partial charge < -0.3 is 5.32 Å². The Hall–Kier alpha value is -2.36. The van der Waals surface area contributed by atoms with E-state index in [2.05, 4.69) is 10.3 Å². The van der Waals surface area contributed by atoms with Gasteiger partial charge in [0.15, 0.2) is 0 Å². The molecule has 2 heterocycles. The largest absolute Gasteiger partial charge is 0.325 e. The van der Waals surface area contributed by atoms with Gasteiger partial charge in [-0.2, -0.15) is 0 Å². The molecule has 0 bridgehead atoms. The zero-order valence-corrected chi connectivity index (χ0v) is 17.7. The summed E-state index contributed by atoms with van der Waals surface area (Å²) in [6.45, 7) is 0.261. The van der Waals surface area contributed by atoms with Crippen LogP contribution in [0, 0.1) is 0 Å². The molecule has 2 aromatic carbocycles. The van der Waals surface area contributed by atoms with E-state index in [1.807, 2.05) is 36.4 Å². The first kappa shape index (κ1) is 19.9. The number of para-hydroxylation sites is 1. The predicted octanol–water partition coefficient (Wildman–Crippen LogP) is 4.36. The Morgan fingerprint density at radius 1 is 1.14 bits per heavy atom. The number of aromatic nitrogens is 1. The second kappa shape index (κ2) is 8.98. The SMILES string of the molecule is O=C(CSCc1nc2ccccc2s1)Nc1ccc(CN2C(=O)CSC2=O)cc1. The molecule has 6 nitrogen and oxygen atoms in total. The summed E-state index contributed by atoms with van der Waals surface area (Å²) in [5.41, 5.74) is 2.53. The van der Waals surface area contributed by atoms with Gasteiger partial charge in [-0.15, -0.1) is 23.1 Å². The molecule has 1 aliphatic rings. The van der Waals surface area contributed by atoms with Crippen LogP contribution in [0.1, 0.15) is 10.6 Å². The molecular weight excluding hydrogens is 426 g/mol. The maximum Gasteiger partial charge on any atom is 0.289 e. The van der Waals surface area contributed by atoms with Crippen molar-refractivity contribution in [3.63, 3.8) is 0 Å². The topological polar surface area (TPSA) is 79.4 Å². The number of carbonyl (C=O) groups is 3. The first-order valence-corrected chi connectivity index (χ1v) is 11.8. The predicted molar refractivity (Wildman–Crippen MR) is 119 cm³/mol. The number of benzene rings is 2. The van der Waals surface area contributed by atoms with Gasteiger partial charge in [0.25, 0.3) is 5.24 Å². The molecule has 3 aromatic rings. The first-order chi connectivity index (χ1) is 14.1. The van der Waals surface area contributed by atoms with E-state index in [0.29, 0.717) is 17.2 Å². The number of amides is 3. The highest BCUT2D eigenvalue weighted by molar-refractivity contribution is 8.14. The van der Waals surface area contributed by atoms with Crippen molar-refractivity contribution in [1.82, 2.24) is 9.88 Å². The number of nitrogens with zero attached hydrogens (tertiary/aromatic N) is 2. The Labute approximate surface area is 180 Å². The zero-order chi connectivity index (χ0) is 20.2. The number of nitrogens with one attached hydrogen (secondary N) is 1. The number of rotatable bonds is 7. The summed E-state index contributed by atoms with van der Waals surface area (Å²) in [6.07, 6.45) is 0. The molecule has 0 radical (unpaired) electrons. The van der Waals surface area contributed by atoms with Crippen LogP contribution in [0.15, 0.2) is 48.5 Å². The van der Waals surface area contributed by atoms with Crippen molar-refractivity contribution in [2.24, 2.45) is 0 Å². The molecule has 148 valence electrons. The van der Waals surface area contributed by atoms with E-state index in [4.69, 9.17) is 0 Å². The van der Waals surface area contributed by atoms with Crippen molar-refractivity contribution in [3.8, 4) is 0 Å². The molecule has 3 amide bonds. The molecule has 0 unspecified atom stereocenters. The van der Waals surface area contributed by atoms with Crippen molar-refractivity contribution >= 4 is 67.8 Å². The van der Waals surface area contributed by atoms with Crippen LogP contribution in [0.5, 0.6) is 0 Å². The Morgan fingerprint density at radius 3 is 2.66 bits per heavy atom. The summed E-state index contributed by atoms with van der Waals surface area (Å²) in [4.78, 5) is 41.3. The van der Waals surface area contributed by atoms with Crippen LogP contribution in [-0.4, -0.2) is 38.4 Å². The maximum absolute atomic E-state index is 12.2. The third-order valence-corrected chi connectivity index (χ3v) is 7.24. The van der Waals surface area contributed by atoms with Gasteiger partial charge in [-0.3, -0.25) is 19.3 Å². The minimum absolute atomic E-state index is 0.0786. The van der Waals surface area contributed by atoms with E-state index < -0.39 is 0 Å². The number of thiazole rings is 1. The fraction of sp³-hybridized carbons (Fsp3) is 0.200. The quantitative estimate of drug-likeness (QED) is 0.584.